The van der Waals surface area contributed by atoms with E-state index in [2.05, 4.69) is 10.3 Å². The summed E-state index contributed by atoms with van der Waals surface area (Å²) < 4.78 is 6.81. The SMILES string of the molecule is COCC(N)C(=O)Nc1ccccc1Sc1nccn1C. The van der Waals surface area contributed by atoms with Crippen LogP contribution in [0.15, 0.2) is 46.7 Å². The van der Waals surface area contributed by atoms with E-state index in [0.717, 1.165) is 10.1 Å². The van der Waals surface area contributed by atoms with Gasteiger partial charge in [0.25, 0.3) is 0 Å². The van der Waals surface area contributed by atoms with Crippen molar-refractivity contribution >= 4 is 23.4 Å². The van der Waals surface area contributed by atoms with E-state index >= 15 is 0 Å². The second kappa shape index (κ2) is 7.26. The molecule has 0 aliphatic rings. The molecule has 3 N–H and O–H groups in total. The molecule has 112 valence electrons. The van der Waals surface area contributed by atoms with Gasteiger partial charge in [0.2, 0.25) is 5.91 Å². The lowest BCUT2D eigenvalue weighted by molar-refractivity contribution is -0.118. The highest BCUT2D eigenvalue weighted by molar-refractivity contribution is 7.99. The van der Waals surface area contributed by atoms with Crippen molar-refractivity contribution in [2.45, 2.75) is 16.1 Å². The monoisotopic (exact) mass is 306 g/mol. The lowest BCUT2D eigenvalue weighted by Gasteiger charge is -2.14. The van der Waals surface area contributed by atoms with E-state index in [9.17, 15) is 4.79 Å². The van der Waals surface area contributed by atoms with Gasteiger partial charge in [-0.15, -0.1) is 0 Å². The van der Waals surface area contributed by atoms with E-state index in [1.165, 1.54) is 18.9 Å². The van der Waals surface area contributed by atoms with Crippen molar-refractivity contribution in [3.63, 3.8) is 0 Å². The summed E-state index contributed by atoms with van der Waals surface area (Å²) in [5.41, 5.74) is 6.44. The van der Waals surface area contributed by atoms with Crippen LogP contribution in [0.2, 0.25) is 0 Å². The number of imidazole rings is 1. The first-order valence-electron chi connectivity index (χ1n) is 6.41. The third-order valence-electron chi connectivity index (χ3n) is 2.81. The Balaban J connectivity index is 2.14. The number of rotatable bonds is 6. The molecule has 0 spiro atoms. The van der Waals surface area contributed by atoms with Gasteiger partial charge in [-0.05, 0) is 23.9 Å². The number of hydrogen-bond donors (Lipinski definition) is 2. The lowest BCUT2D eigenvalue weighted by atomic mass is 10.2. The third-order valence-corrected chi connectivity index (χ3v) is 3.96. The molecule has 0 aliphatic heterocycles. The molecule has 1 aromatic carbocycles. The molecule has 0 aliphatic carbocycles. The fraction of sp³-hybridized carbons (Fsp3) is 0.286. The Kier molecular flexibility index (Phi) is 5.38. The van der Waals surface area contributed by atoms with Gasteiger partial charge in [0.1, 0.15) is 6.04 Å². The standard InChI is InChI=1S/C14H18N4O2S/c1-18-8-7-16-14(18)21-12-6-4-3-5-11(12)17-13(19)10(15)9-20-2/h3-8,10H,9,15H2,1-2H3,(H,17,19). The fourth-order valence-electron chi connectivity index (χ4n) is 1.69. The van der Waals surface area contributed by atoms with Gasteiger partial charge in [-0.25, -0.2) is 4.98 Å². The number of ether oxygens (including phenoxy) is 1. The summed E-state index contributed by atoms with van der Waals surface area (Å²) in [5, 5.41) is 3.67. The number of anilines is 1. The van der Waals surface area contributed by atoms with Crippen LogP contribution in [0.3, 0.4) is 0 Å². The topological polar surface area (TPSA) is 82.2 Å². The Morgan fingerprint density at radius 3 is 2.95 bits per heavy atom. The van der Waals surface area contributed by atoms with Crippen molar-refractivity contribution in [1.29, 1.82) is 0 Å². The average molecular weight is 306 g/mol. The Morgan fingerprint density at radius 1 is 1.52 bits per heavy atom. The van der Waals surface area contributed by atoms with Crippen LogP contribution >= 0.6 is 11.8 Å². The number of carbonyl (C=O) groups is 1. The number of nitrogens with two attached hydrogens (primary N) is 1. The zero-order chi connectivity index (χ0) is 15.2. The van der Waals surface area contributed by atoms with Gasteiger partial charge < -0.3 is 20.4 Å². The van der Waals surface area contributed by atoms with Crippen LogP contribution in [0.25, 0.3) is 0 Å². The zero-order valence-corrected chi connectivity index (χ0v) is 12.8. The molecule has 0 saturated carbocycles. The molecule has 1 atom stereocenters. The summed E-state index contributed by atoms with van der Waals surface area (Å²) in [6.45, 7) is 0.181. The van der Waals surface area contributed by atoms with Crippen LogP contribution < -0.4 is 11.1 Å². The van der Waals surface area contributed by atoms with E-state index in [-0.39, 0.29) is 12.5 Å². The van der Waals surface area contributed by atoms with Crippen LogP contribution in [0.4, 0.5) is 5.69 Å². The Bertz CT molecular complexity index is 615. The maximum absolute atomic E-state index is 12.0. The summed E-state index contributed by atoms with van der Waals surface area (Å²) in [5.74, 6) is -0.273. The van der Waals surface area contributed by atoms with E-state index < -0.39 is 6.04 Å². The Labute approximate surface area is 127 Å². The number of benzene rings is 1. The van der Waals surface area contributed by atoms with Gasteiger partial charge in [0, 0.05) is 31.4 Å². The third kappa shape index (κ3) is 4.07. The predicted molar refractivity (Wildman–Crippen MR) is 82.3 cm³/mol. The molecule has 1 heterocycles. The van der Waals surface area contributed by atoms with E-state index in [4.69, 9.17) is 10.5 Å². The molecular weight excluding hydrogens is 288 g/mol. The minimum atomic E-state index is -0.693. The smallest absolute Gasteiger partial charge is 0.243 e. The highest BCUT2D eigenvalue weighted by Crippen LogP contribution is 2.32. The van der Waals surface area contributed by atoms with Crippen LogP contribution in [0, 0.1) is 0 Å². The number of carbonyl (C=O) groups excluding carboxylic acids is 1. The first-order chi connectivity index (χ1) is 10.1. The molecule has 0 radical (unpaired) electrons. The number of aromatic nitrogens is 2. The number of nitrogens with zero attached hydrogens (tertiary/aromatic N) is 2. The second-order valence-electron chi connectivity index (χ2n) is 4.47. The molecule has 7 heteroatoms. The number of hydrogen-bond acceptors (Lipinski definition) is 5. The molecule has 0 bridgehead atoms. The Hall–Kier alpha value is -1.83. The maximum atomic E-state index is 12.0. The van der Waals surface area contributed by atoms with Crippen LogP contribution in [-0.4, -0.2) is 35.2 Å². The molecule has 1 unspecified atom stereocenters. The average Bonchev–Trinajstić information content (AvgIpc) is 2.86. The minimum absolute atomic E-state index is 0.181. The first-order valence-corrected chi connectivity index (χ1v) is 7.23. The maximum Gasteiger partial charge on any atom is 0.243 e. The van der Waals surface area contributed by atoms with E-state index in [1.807, 2.05) is 42.1 Å². The van der Waals surface area contributed by atoms with E-state index in [0.29, 0.717) is 5.69 Å². The number of amides is 1. The quantitative estimate of drug-likeness (QED) is 0.845. The van der Waals surface area contributed by atoms with Crippen molar-refractivity contribution in [2.75, 3.05) is 19.0 Å². The van der Waals surface area contributed by atoms with E-state index in [1.54, 1.807) is 6.20 Å². The molecule has 1 aromatic heterocycles. The molecule has 0 fully saturated rings. The fourth-order valence-corrected chi connectivity index (χ4v) is 2.58. The predicted octanol–water partition coefficient (Wildman–Crippen LogP) is 1.48. The number of aryl methyl sites for hydroxylation is 1. The molecule has 2 aromatic rings. The normalized spacial score (nSPS) is 12.1. The van der Waals surface area contributed by atoms with Gasteiger partial charge in [-0.1, -0.05) is 12.1 Å². The van der Waals surface area contributed by atoms with Crippen LogP contribution in [0.1, 0.15) is 0 Å². The van der Waals surface area contributed by atoms with Crippen molar-refractivity contribution in [2.24, 2.45) is 12.8 Å². The van der Waals surface area contributed by atoms with Crippen LogP contribution in [-0.2, 0) is 16.6 Å². The summed E-state index contributed by atoms with van der Waals surface area (Å²) >= 11 is 1.48. The molecular formula is C14H18N4O2S. The molecule has 21 heavy (non-hydrogen) atoms. The van der Waals surface area contributed by atoms with Gasteiger partial charge in [-0.2, -0.15) is 0 Å². The van der Waals surface area contributed by atoms with Gasteiger partial charge >= 0.3 is 0 Å². The molecule has 2 rings (SSSR count). The van der Waals surface area contributed by atoms with Crippen molar-refractivity contribution in [1.82, 2.24) is 9.55 Å². The second-order valence-corrected chi connectivity index (χ2v) is 5.48. The molecule has 1 amide bonds. The summed E-state index contributed by atoms with van der Waals surface area (Å²) in [6, 6.07) is 6.84. The summed E-state index contributed by atoms with van der Waals surface area (Å²) in [7, 11) is 3.43. The van der Waals surface area contributed by atoms with Crippen molar-refractivity contribution < 1.29 is 9.53 Å². The highest BCUT2D eigenvalue weighted by atomic mass is 32.2. The summed E-state index contributed by atoms with van der Waals surface area (Å²) in [4.78, 5) is 17.1. The van der Waals surface area contributed by atoms with Crippen LogP contribution in [0.5, 0.6) is 0 Å². The first kappa shape index (κ1) is 15.6. The lowest BCUT2D eigenvalue weighted by Crippen LogP contribution is -2.39. The largest absolute Gasteiger partial charge is 0.383 e. The molecule has 6 nitrogen and oxygen atoms in total. The number of nitrogens with one attached hydrogen (secondary N) is 1. The van der Waals surface area contributed by atoms with Crippen molar-refractivity contribution in [3.05, 3.63) is 36.7 Å². The minimum Gasteiger partial charge on any atom is -0.383 e. The molecule has 0 saturated heterocycles. The Morgan fingerprint density at radius 2 is 2.29 bits per heavy atom. The number of para-hydroxylation sites is 1. The van der Waals surface area contributed by atoms with Gasteiger partial charge in [0.15, 0.2) is 5.16 Å². The van der Waals surface area contributed by atoms with Gasteiger partial charge in [-0.3, -0.25) is 4.79 Å². The number of methoxy groups -OCH3 is 1. The zero-order valence-electron chi connectivity index (χ0n) is 11.9. The highest BCUT2D eigenvalue weighted by Gasteiger charge is 2.15. The van der Waals surface area contributed by atoms with Crippen molar-refractivity contribution in [3.8, 4) is 0 Å². The van der Waals surface area contributed by atoms with Gasteiger partial charge in [0.05, 0.1) is 12.3 Å². The summed E-state index contributed by atoms with van der Waals surface area (Å²) in [6.07, 6.45) is 3.61.